The number of nitrogens with one attached hydrogen (secondary N) is 1. The van der Waals surface area contributed by atoms with Gasteiger partial charge in [-0.2, -0.15) is 0 Å². The molecule has 2 rings (SSSR count). The number of thiophene rings is 1. The zero-order valence-electron chi connectivity index (χ0n) is 11.5. The number of sulfonamides is 1. The highest BCUT2D eigenvalue weighted by molar-refractivity contribution is 7.89. The molecule has 0 aliphatic carbocycles. The van der Waals surface area contributed by atoms with E-state index in [1.165, 1.54) is 12.1 Å². The van der Waals surface area contributed by atoms with E-state index in [1.807, 2.05) is 19.1 Å². The van der Waals surface area contributed by atoms with Gasteiger partial charge < -0.3 is 5.11 Å². The Bertz CT molecular complexity index is 782. The van der Waals surface area contributed by atoms with Crippen LogP contribution in [0.5, 0.6) is 0 Å². The van der Waals surface area contributed by atoms with Crippen molar-refractivity contribution in [3.63, 3.8) is 0 Å². The van der Waals surface area contributed by atoms with Gasteiger partial charge in [-0.15, -0.1) is 11.3 Å². The first-order valence-electron chi connectivity index (χ1n) is 6.26. The quantitative estimate of drug-likeness (QED) is 0.845. The molecule has 2 aromatic rings. The largest absolute Gasteiger partial charge is 0.384 e. The highest BCUT2D eigenvalue weighted by Gasteiger charge is 2.14. The van der Waals surface area contributed by atoms with Gasteiger partial charge in [-0.1, -0.05) is 17.9 Å². The minimum atomic E-state index is -3.57. The number of hydrogen-bond acceptors (Lipinski definition) is 4. The Labute approximate surface area is 128 Å². The van der Waals surface area contributed by atoms with Crippen LogP contribution in [0.25, 0.3) is 0 Å². The molecule has 0 fully saturated rings. The van der Waals surface area contributed by atoms with E-state index in [0.29, 0.717) is 5.56 Å². The Morgan fingerprint density at radius 2 is 2.10 bits per heavy atom. The van der Waals surface area contributed by atoms with Gasteiger partial charge in [-0.3, -0.25) is 0 Å². The summed E-state index contributed by atoms with van der Waals surface area (Å²) in [5.74, 6) is 5.19. The molecule has 0 unspecified atom stereocenters. The predicted octanol–water partition coefficient (Wildman–Crippen LogP) is 1.88. The third-order valence-corrected chi connectivity index (χ3v) is 5.09. The molecule has 0 saturated carbocycles. The average molecular weight is 321 g/mol. The summed E-state index contributed by atoms with van der Waals surface area (Å²) in [7, 11) is -3.57. The second kappa shape index (κ2) is 6.87. The van der Waals surface area contributed by atoms with Crippen molar-refractivity contribution in [2.45, 2.75) is 18.4 Å². The van der Waals surface area contributed by atoms with Crippen LogP contribution >= 0.6 is 11.3 Å². The average Bonchev–Trinajstić information content (AvgIpc) is 2.89. The standard InChI is InChI=1S/C15H15NO3S2/c1-12-7-8-14(20-12)11-16-21(18,19)15-6-2-4-13(10-15)5-3-9-17/h2,4,6-8,10,16-17H,9,11H2,1H3. The van der Waals surface area contributed by atoms with Crippen LogP contribution in [-0.2, 0) is 16.6 Å². The molecule has 110 valence electrons. The maximum Gasteiger partial charge on any atom is 0.240 e. The summed E-state index contributed by atoms with van der Waals surface area (Å²) in [5, 5.41) is 8.67. The molecule has 2 N–H and O–H groups in total. The van der Waals surface area contributed by atoms with Crippen LogP contribution in [0, 0.1) is 18.8 Å². The van der Waals surface area contributed by atoms with Crippen LogP contribution in [0.2, 0.25) is 0 Å². The van der Waals surface area contributed by atoms with E-state index < -0.39 is 10.0 Å². The molecule has 0 atom stereocenters. The van der Waals surface area contributed by atoms with E-state index in [-0.39, 0.29) is 18.0 Å². The van der Waals surface area contributed by atoms with E-state index in [1.54, 1.807) is 23.5 Å². The van der Waals surface area contributed by atoms with Crippen LogP contribution in [0.15, 0.2) is 41.3 Å². The lowest BCUT2D eigenvalue weighted by Gasteiger charge is -2.06. The zero-order valence-corrected chi connectivity index (χ0v) is 13.1. The third-order valence-electron chi connectivity index (χ3n) is 2.69. The summed E-state index contributed by atoms with van der Waals surface area (Å²) in [6.07, 6.45) is 0. The first-order valence-corrected chi connectivity index (χ1v) is 8.56. The first-order chi connectivity index (χ1) is 10.0. The van der Waals surface area contributed by atoms with Gasteiger partial charge in [0.1, 0.15) is 6.61 Å². The molecular weight excluding hydrogens is 306 g/mol. The molecule has 0 aliphatic heterocycles. The molecule has 0 amide bonds. The number of hydrogen-bond donors (Lipinski definition) is 2. The molecule has 0 aliphatic rings. The summed E-state index contributed by atoms with van der Waals surface area (Å²) in [5.41, 5.74) is 0.555. The highest BCUT2D eigenvalue weighted by Crippen LogP contribution is 2.16. The van der Waals surface area contributed by atoms with Gasteiger partial charge in [-0.25, -0.2) is 13.1 Å². The van der Waals surface area contributed by atoms with Gasteiger partial charge >= 0.3 is 0 Å². The number of benzene rings is 1. The second-order valence-corrected chi connectivity index (χ2v) is 7.46. The molecule has 1 aromatic carbocycles. The third kappa shape index (κ3) is 4.41. The van der Waals surface area contributed by atoms with Crippen LogP contribution < -0.4 is 4.72 Å². The Morgan fingerprint density at radius 3 is 2.76 bits per heavy atom. The van der Waals surface area contributed by atoms with Crippen molar-refractivity contribution in [3.05, 3.63) is 51.7 Å². The molecule has 0 bridgehead atoms. The number of aryl methyl sites for hydroxylation is 1. The molecule has 4 nitrogen and oxygen atoms in total. The van der Waals surface area contributed by atoms with Gasteiger partial charge in [0, 0.05) is 21.9 Å². The molecular formula is C15H15NO3S2. The van der Waals surface area contributed by atoms with Crippen molar-refractivity contribution in [2.75, 3.05) is 6.61 Å². The molecule has 0 saturated heterocycles. The number of aliphatic hydroxyl groups excluding tert-OH is 1. The smallest absolute Gasteiger partial charge is 0.240 e. The summed E-state index contributed by atoms with van der Waals surface area (Å²) in [6, 6.07) is 10.2. The van der Waals surface area contributed by atoms with Crippen molar-refractivity contribution < 1.29 is 13.5 Å². The second-order valence-electron chi connectivity index (χ2n) is 4.32. The Hall–Kier alpha value is -1.65. The molecule has 21 heavy (non-hydrogen) atoms. The van der Waals surface area contributed by atoms with Crippen molar-refractivity contribution in [2.24, 2.45) is 0 Å². The molecule has 0 radical (unpaired) electrons. The molecule has 0 spiro atoms. The summed E-state index contributed by atoms with van der Waals surface area (Å²) in [4.78, 5) is 2.28. The van der Waals surface area contributed by atoms with Crippen molar-refractivity contribution in [3.8, 4) is 11.8 Å². The van der Waals surface area contributed by atoms with Crippen LogP contribution in [0.4, 0.5) is 0 Å². The van der Waals surface area contributed by atoms with Gasteiger partial charge in [0.25, 0.3) is 0 Å². The predicted molar refractivity (Wildman–Crippen MR) is 83.5 cm³/mol. The fourth-order valence-electron chi connectivity index (χ4n) is 1.71. The van der Waals surface area contributed by atoms with Crippen LogP contribution in [0.3, 0.4) is 0 Å². The van der Waals surface area contributed by atoms with Gasteiger partial charge in [-0.05, 0) is 37.3 Å². The fraction of sp³-hybridized carbons (Fsp3) is 0.200. The lowest BCUT2D eigenvalue weighted by atomic mass is 10.2. The number of aliphatic hydroxyl groups is 1. The van der Waals surface area contributed by atoms with Crippen LogP contribution in [0.1, 0.15) is 15.3 Å². The summed E-state index contributed by atoms with van der Waals surface area (Å²) in [6.45, 7) is 1.99. The van der Waals surface area contributed by atoms with Gasteiger partial charge in [0.2, 0.25) is 10.0 Å². The summed E-state index contributed by atoms with van der Waals surface area (Å²) >= 11 is 1.56. The lowest BCUT2D eigenvalue weighted by molar-refractivity contribution is 0.350. The first kappa shape index (κ1) is 15.7. The molecule has 6 heteroatoms. The highest BCUT2D eigenvalue weighted by atomic mass is 32.2. The van der Waals surface area contributed by atoms with E-state index >= 15 is 0 Å². The monoisotopic (exact) mass is 321 g/mol. The molecule has 1 aromatic heterocycles. The maximum atomic E-state index is 12.2. The van der Waals surface area contributed by atoms with E-state index in [0.717, 1.165) is 9.75 Å². The molecule has 1 heterocycles. The Balaban J connectivity index is 2.15. The van der Waals surface area contributed by atoms with E-state index in [2.05, 4.69) is 16.6 Å². The minimum Gasteiger partial charge on any atom is -0.384 e. The zero-order chi connectivity index (χ0) is 15.3. The number of rotatable bonds is 4. The minimum absolute atomic E-state index is 0.167. The van der Waals surface area contributed by atoms with Crippen LogP contribution in [-0.4, -0.2) is 20.1 Å². The Morgan fingerprint density at radius 1 is 1.29 bits per heavy atom. The van der Waals surface area contributed by atoms with E-state index in [4.69, 9.17) is 5.11 Å². The SMILES string of the molecule is Cc1ccc(CNS(=O)(=O)c2cccc(C#CCO)c2)s1. The van der Waals surface area contributed by atoms with Crippen molar-refractivity contribution >= 4 is 21.4 Å². The van der Waals surface area contributed by atoms with Gasteiger partial charge in [0.05, 0.1) is 4.90 Å². The topological polar surface area (TPSA) is 66.4 Å². The fourth-order valence-corrected chi connectivity index (χ4v) is 3.69. The Kier molecular flexibility index (Phi) is 5.15. The van der Waals surface area contributed by atoms with Crippen molar-refractivity contribution in [1.29, 1.82) is 0 Å². The summed E-state index contributed by atoms with van der Waals surface area (Å²) < 4.78 is 27.0. The lowest BCUT2D eigenvalue weighted by Crippen LogP contribution is -2.22. The maximum absolute atomic E-state index is 12.2. The normalized spacial score (nSPS) is 11.0. The van der Waals surface area contributed by atoms with E-state index in [9.17, 15) is 8.42 Å². The van der Waals surface area contributed by atoms with Gasteiger partial charge in [0.15, 0.2) is 0 Å². The van der Waals surface area contributed by atoms with Crippen molar-refractivity contribution in [1.82, 2.24) is 4.72 Å².